The highest BCUT2D eigenvalue weighted by Gasteiger charge is 2.34. The van der Waals surface area contributed by atoms with Gasteiger partial charge in [0.25, 0.3) is 5.22 Å². The third-order valence-corrected chi connectivity index (χ3v) is 5.05. The van der Waals surface area contributed by atoms with Crippen molar-refractivity contribution in [3.05, 3.63) is 35.7 Å². The van der Waals surface area contributed by atoms with Gasteiger partial charge in [-0.05, 0) is 45.2 Å². The molecular weight excluding hydrogens is 366 g/mol. The second-order valence-electron chi connectivity index (χ2n) is 7.37. The van der Waals surface area contributed by atoms with E-state index in [0.717, 1.165) is 17.7 Å². The molecule has 1 aromatic heterocycles. The van der Waals surface area contributed by atoms with E-state index in [0.29, 0.717) is 17.5 Å². The predicted octanol–water partition coefficient (Wildman–Crippen LogP) is 3.16. The van der Waals surface area contributed by atoms with Crippen LogP contribution in [0.15, 0.2) is 33.9 Å². The molecule has 0 aliphatic carbocycles. The molecule has 1 aromatic carbocycles. The Balaban J connectivity index is 1.86. The number of amides is 1. The van der Waals surface area contributed by atoms with Crippen LogP contribution in [0.3, 0.4) is 0 Å². The Hall–Kier alpha value is -2.35. The first-order valence-electron chi connectivity index (χ1n) is 8.81. The fraction of sp³-hybridized carbons (Fsp3) is 0.474. The molecule has 3 rings (SSSR count). The average molecular weight is 389 g/mol. The minimum Gasteiger partial charge on any atom is -0.459 e. The molecule has 1 unspecified atom stereocenters. The van der Waals surface area contributed by atoms with Crippen LogP contribution in [0.2, 0.25) is 0 Å². The molecule has 2 heterocycles. The van der Waals surface area contributed by atoms with Crippen molar-refractivity contribution in [3.8, 4) is 0 Å². The maximum atomic E-state index is 13.2. The van der Waals surface area contributed by atoms with Crippen LogP contribution in [0.4, 0.5) is 5.69 Å². The second kappa shape index (κ2) is 7.72. The highest BCUT2D eigenvalue weighted by atomic mass is 32.2. The van der Waals surface area contributed by atoms with E-state index in [-0.39, 0.29) is 12.5 Å². The first kappa shape index (κ1) is 19.4. The number of rotatable bonds is 4. The van der Waals surface area contributed by atoms with Crippen molar-refractivity contribution < 1.29 is 18.7 Å². The number of fused-ring (bicyclic) bond motifs is 1. The number of para-hydroxylation sites is 1. The molecular formula is C19H23N3O4S. The summed E-state index contributed by atoms with van der Waals surface area (Å²) in [5.74, 6) is -0.149. The quantitative estimate of drug-likeness (QED) is 0.743. The molecule has 1 amide bonds. The number of carbonyl (C=O) groups is 2. The van der Waals surface area contributed by atoms with E-state index in [2.05, 4.69) is 10.2 Å². The summed E-state index contributed by atoms with van der Waals surface area (Å²) in [6.07, 6.45) is 1.34. The largest absolute Gasteiger partial charge is 0.459 e. The van der Waals surface area contributed by atoms with E-state index >= 15 is 0 Å². The Morgan fingerprint density at radius 1 is 1.33 bits per heavy atom. The number of benzene rings is 1. The molecule has 0 spiro atoms. The predicted molar refractivity (Wildman–Crippen MR) is 102 cm³/mol. The van der Waals surface area contributed by atoms with Crippen LogP contribution in [0.1, 0.15) is 38.6 Å². The minimum atomic E-state index is -0.610. The highest BCUT2D eigenvalue weighted by molar-refractivity contribution is 8.00. The van der Waals surface area contributed by atoms with E-state index < -0.39 is 16.8 Å². The lowest BCUT2D eigenvalue weighted by atomic mass is 10.1. The molecule has 1 aliphatic heterocycles. The highest BCUT2D eigenvalue weighted by Crippen LogP contribution is 2.34. The van der Waals surface area contributed by atoms with Gasteiger partial charge in [-0.1, -0.05) is 30.0 Å². The molecule has 1 aliphatic rings. The van der Waals surface area contributed by atoms with Crippen molar-refractivity contribution in [2.45, 2.75) is 56.6 Å². The van der Waals surface area contributed by atoms with Gasteiger partial charge in [0, 0.05) is 12.6 Å². The molecule has 2 aromatic rings. The van der Waals surface area contributed by atoms with Gasteiger partial charge in [-0.2, -0.15) is 0 Å². The van der Waals surface area contributed by atoms with Crippen molar-refractivity contribution in [2.75, 3.05) is 11.4 Å². The number of hydrogen-bond donors (Lipinski definition) is 0. The topological polar surface area (TPSA) is 85.5 Å². The Labute approximate surface area is 162 Å². The molecule has 1 atom stereocenters. The maximum absolute atomic E-state index is 13.2. The Kier molecular flexibility index (Phi) is 5.55. The van der Waals surface area contributed by atoms with Gasteiger partial charge in [-0.25, -0.2) is 0 Å². The average Bonchev–Trinajstić information content (AvgIpc) is 2.94. The van der Waals surface area contributed by atoms with Crippen LogP contribution >= 0.6 is 11.8 Å². The number of carbonyl (C=O) groups excluding carboxylic acids is 2. The zero-order valence-electron chi connectivity index (χ0n) is 15.9. The van der Waals surface area contributed by atoms with Crippen molar-refractivity contribution in [1.82, 2.24) is 10.2 Å². The molecule has 0 saturated heterocycles. The summed E-state index contributed by atoms with van der Waals surface area (Å²) in [6, 6.07) is 7.64. The molecule has 8 heteroatoms. The summed E-state index contributed by atoms with van der Waals surface area (Å²) in [6.45, 7) is 6.99. The maximum Gasteiger partial charge on any atom is 0.326 e. The van der Waals surface area contributed by atoms with Crippen LogP contribution in [0.25, 0.3) is 0 Å². The summed E-state index contributed by atoms with van der Waals surface area (Å²) in [5, 5.41) is 7.72. The SMILES string of the molecule is Cc1nnc(SC2CCc3ccccc3N(CC(=O)OC(C)(C)C)C2=O)o1. The Morgan fingerprint density at radius 3 is 2.74 bits per heavy atom. The summed E-state index contributed by atoms with van der Waals surface area (Å²) in [5.41, 5.74) is 1.17. The van der Waals surface area contributed by atoms with E-state index in [4.69, 9.17) is 9.15 Å². The molecule has 0 bridgehead atoms. The number of esters is 1. The zero-order chi connectivity index (χ0) is 19.6. The summed E-state index contributed by atoms with van der Waals surface area (Å²) in [4.78, 5) is 27.1. The fourth-order valence-electron chi connectivity index (χ4n) is 2.91. The number of hydrogen-bond acceptors (Lipinski definition) is 7. The lowest BCUT2D eigenvalue weighted by Crippen LogP contribution is -2.42. The molecule has 7 nitrogen and oxygen atoms in total. The van der Waals surface area contributed by atoms with Gasteiger partial charge in [0.1, 0.15) is 12.1 Å². The molecule has 27 heavy (non-hydrogen) atoms. The fourth-order valence-corrected chi connectivity index (χ4v) is 3.88. The minimum absolute atomic E-state index is 0.132. The van der Waals surface area contributed by atoms with Gasteiger partial charge in [0.05, 0.1) is 5.25 Å². The van der Waals surface area contributed by atoms with Gasteiger partial charge in [0.2, 0.25) is 11.8 Å². The normalized spacial score (nSPS) is 17.4. The van der Waals surface area contributed by atoms with Crippen molar-refractivity contribution in [3.63, 3.8) is 0 Å². The van der Waals surface area contributed by atoms with E-state index in [1.165, 1.54) is 16.7 Å². The van der Waals surface area contributed by atoms with E-state index in [9.17, 15) is 9.59 Å². The van der Waals surface area contributed by atoms with E-state index in [1.54, 1.807) is 27.7 Å². The number of thioether (sulfide) groups is 1. The van der Waals surface area contributed by atoms with Crippen LogP contribution < -0.4 is 4.90 Å². The summed E-state index contributed by atoms with van der Waals surface area (Å²) < 4.78 is 10.8. The van der Waals surface area contributed by atoms with Gasteiger partial charge in [-0.15, -0.1) is 10.2 Å². The third-order valence-electron chi connectivity index (χ3n) is 3.96. The lowest BCUT2D eigenvalue weighted by Gasteiger charge is -2.26. The van der Waals surface area contributed by atoms with Crippen LogP contribution in [0.5, 0.6) is 0 Å². The number of ether oxygens (including phenoxy) is 1. The molecule has 0 N–H and O–H groups in total. The number of aromatic nitrogens is 2. The standard InChI is InChI=1S/C19H23N3O4S/c1-12-20-21-18(25-12)27-15-10-9-13-7-5-6-8-14(13)22(17(15)24)11-16(23)26-19(2,3)4/h5-8,15H,9-11H2,1-4H3. The Morgan fingerprint density at radius 2 is 2.07 bits per heavy atom. The lowest BCUT2D eigenvalue weighted by molar-refractivity contribution is -0.153. The summed E-state index contributed by atoms with van der Waals surface area (Å²) >= 11 is 1.24. The molecule has 0 fully saturated rings. The van der Waals surface area contributed by atoms with Gasteiger partial charge in [0.15, 0.2) is 0 Å². The van der Waals surface area contributed by atoms with Gasteiger partial charge < -0.3 is 9.15 Å². The van der Waals surface area contributed by atoms with Crippen molar-refractivity contribution in [2.24, 2.45) is 0 Å². The summed E-state index contributed by atoms with van der Waals surface area (Å²) in [7, 11) is 0. The van der Waals surface area contributed by atoms with Crippen LogP contribution in [0, 0.1) is 6.92 Å². The molecule has 0 radical (unpaired) electrons. The third kappa shape index (κ3) is 4.88. The molecule has 144 valence electrons. The first-order chi connectivity index (χ1) is 12.7. The number of anilines is 1. The van der Waals surface area contributed by atoms with Crippen LogP contribution in [-0.4, -0.2) is 39.5 Å². The molecule has 0 saturated carbocycles. The van der Waals surface area contributed by atoms with Crippen molar-refractivity contribution in [1.29, 1.82) is 0 Å². The monoisotopic (exact) mass is 389 g/mol. The zero-order valence-corrected chi connectivity index (χ0v) is 16.7. The Bertz CT molecular complexity index is 843. The second-order valence-corrected chi connectivity index (χ2v) is 8.53. The van der Waals surface area contributed by atoms with Gasteiger partial charge >= 0.3 is 5.97 Å². The van der Waals surface area contributed by atoms with E-state index in [1.807, 2.05) is 24.3 Å². The number of nitrogens with zero attached hydrogens (tertiary/aromatic N) is 3. The van der Waals surface area contributed by atoms with Crippen molar-refractivity contribution >= 4 is 29.3 Å². The van der Waals surface area contributed by atoms with Gasteiger partial charge in [-0.3, -0.25) is 14.5 Å². The van der Waals surface area contributed by atoms with Crippen LogP contribution in [-0.2, 0) is 20.7 Å². The first-order valence-corrected chi connectivity index (χ1v) is 9.69. The smallest absolute Gasteiger partial charge is 0.326 e. The number of aryl methyl sites for hydroxylation is 2.